The summed E-state index contributed by atoms with van der Waals surface area (Å²) in [5.74, 6) is 0. The molecule has 1 heterocycles. The lowest BCUT2D eigenvalue weighted by Crippen LogP contribution is -2.33. The first-order valence-electron chi connectivity index (χ1n) is 3.36. The Kier molecular flexibility index (Phi) is 1.80. The maximum atomic E-state index is 10.9. The Hall–Kier alpha value is -0.770. The average molecular weight is 144 g/mol. The van der Waals surface area contributed by atoms with Crippen molar-refractivity contribution in [2.75, 3.05) is 6.54 Å². The van der Waals surface area contributed by atoms with Crippen LogP contribution < -0.4 is 5.32 Å². The van der Waals surface area contributed by atoms with E-state index < -0.39 is 6.23 Å². The predicted molar refractivity (Wildman–Crippen MR) is 36.4 cm³/mol. The number of carbonyl (C=O) groups is 1. The number of aliphatic hydroxyl groups is 1. The molecule has 0 radical (unpaired) electrons. The zero-order chi connectivity index (χ0) is 7.72. The van der Waals surface area contributed by atoms with Crippen molar-refractivity contribution in [1.82, 2.24) is 10.2 Å². The standard InChI is InChI=1S/C6H12N2O2/c1-4(2)8-3-5(9)7-6(8)10/h4-5,9H,3H2,1-2H3,(H,7,10). The number of nitrogens with one attached hydrogen (secondary N) is 1. The lowest BCUT2D eigenvalue weighted by Gasteiger charge is -2.17. The monoisotopic (exact) mass is 144 g/mol. The summed E-state index contributed by atoms with van der Waals surface area (Å²) in [7, 11) is 0. The van der Waals surface area contributed by atoms with Gasteiger partial charge >= 0.3 is 6.03 Å². The molecule has 1 fully saturated rings. The molecule has 4 heteroatoms. The minimum absolute atomic E-state index is 0.164. The SMILES string of the molecule is CC(C)N1CC(O)NC1=O. The summed E-state index contributed by atoms with van der Waals surface area (Å²) < 4.78 is 0. The Balaban J connectivity index is 2.55. The van der Waals surface area contributed by atoms with Gasteiger partial charge in [0.15, 0.2) is 0 Å². The van der Waals surface area contributed by atoms with Crippen molar-refractivity contribution in [3.05, 3.63) is 0 Å². The van der Waals surface area contributed by atoms with Crippen LogP contribution in [0, 0.1) is 0 Å². The highest BCUT2D eigenvalue weighted by Crippen LogP contribution is 2.05. The van der Waals surface area contributed by atoms with Crippen molar-refractivity contribution in [2.45, 2.75) is 26.1 Å². The van der Waals surface area contributed by atoms with Crippen molar-refractivity contribution in [3.63, 3.8) is 0 Å². The highest BCUT2D eigenvalue weighted by atomic mass is 16.3. The minimum Gasteiger partial charge on any atom is -0.372 e. The molecule has 0 aromatic carbocycles. The third-order valence-electron chi connectivity index (χ3n) is 1.54. The maximum Gasteiger partial charge on any atom is 0.319 e. The number of aliphatic hydroxyl groups excluding tert-OH is 1. The van der Waals surface area contributed by atoms with Crippen molar-refractivity contribution >= 4 is 6.03 Å². The van der Waals surface area contributed by atoms with Crippen LogP contribution >= 0.6 is 0 Å². The summed E-state index contributed by atoms with van der Waals surface area (Å²) in [5, 5.41) is 11.3. The van der Waals surface area contributed by atoms with E-state index in [0.717, 1.165) is 0 Å². The van der Waals surface area contributed by atoms with E-state index in [4.69, 9.17) is 5.11 Å². The van der Waals surface area contributed by atoms with Gasteiger partial charge in [0.1, 0.15) is 6.23 Å². The zero-order valence-corrected chi connectivity index (χ0v) is 6.16. The Morgan fingerprint density at radius 1 is 1.80 bits per heavy atom. The number of nitrogens with zero attached hydrogens (tertiary/aromatic N) is 1. The first kappa shape index (κ1) is 7.34. The van der Waals surface area contributed by atoms with E-state index in [-0.39, 0.29) is 12.1 Å². The molecule has 0 aliphatic carbocycles. The normalized spacial score (nSPS) is 25.8. The molecule has 1 unspecified atom stereocenters. The number of rotatable bonds is 1. The van der Waals surface area contributed by atoms with Crippen molar-refractivity contribution < 1.29 is 9.90 Å². The summed E-state index contributed by atoms with van der Waals surface area (Å²) in [6.45, 7) is 4.23. The first-order chi connectivity index (χ1) is 4.61. The Bertz CT molecular complexity index is 147. The molecular weight excluding hydrogens is 132 g/mol. The topological polar surface area (TPSA) is 52.6 Å². The molecule has 2 N–H and O–H groups in total. The van der Waals surface area contributed by atoms with Gasteiger partial charge in [-0.3, -0.25) is 0 Å². The van der Waals surface area contributed by atoms with E-state index in [1.807, 2.05) is 13.8 Å². The van der Waals surface area contributed by atoms with Gasteiger partial charge in [-0.2, -0.15) is 0 Å². The van der Waals surface area contributed by atoms with Crippen LogP contribution in [0.25, 0.3) is 0 Å². The van der Waals surface area contributed by atoms with Crippen LogP contribution in [0.3, 0.4) is 0 Å². The van der Waals surface area contributed by atoms with Gasteiger partial charge in [0.25, 0.3) is 0 Å². The molecule has 4 nitrogen and oxygen atoms in total. The molecule has 1 aliphatic heterocycles. The van der Waals surface area contributed by atoms with E-state index in [1.54, 1.807) is 4.90 Å². The number of carbonyl (C=O) groups excluding carboxylic acids is 1. The Morgan fingerprint density at radius 2 is 2.40 bits per heavy atom. The molecule has 0 saturated carbocycles. The highest BCUT2D eigenvalue weighted by Gasteiger charge is 2.28. The van der Waals surface area contributed by atoms with Gasteiger partial charge in [0, 0.05) is 6.04 Å². The molecule has 1 rings (SSSR count). The Morgan fingerprint density at radius 3 is 2.60 bits per heavy atom. The van der Waals surface area contributed by atoms with Gasteiger partial charge < -0.3 is 15.3 Å². The van der Waals surface area contributed by atoms with Gasteiger partial charge in [0.05, 0.1) is 6.54 Å². The van der Waals surface area contributed by atoms with E-state index in [1.165, 1.54) is 0 Å². The lowest BCUT2D eigenvalue weighted by atomic mass is 10.3. The molecule has 0 aromatic heterocycles. The van der Waals surface area contributed by atoms with Crippen molar-refractivity contribution in [3.8, 4) is 0 Å². The largest absolute Gasteiger partial charge is 0.372 e. The highest BCUT2D eigenvalue weighted by molar-refractivity contribution is 5.76. The first-order valence-corrected chi connectivity index (χ1v) is 3.36. The van der Waals surface area contributed by atoms with Crippen LogP contribution in [-0.4, -0.2) is 34.9 Å². The number of amides is 2. The molecule has 0 aromatic rings. The number of urea groups is 1. The quantitative estimate of drug-likeness (QED) is 0.532. The Labute approximate surface area is 59.8 Å². The van der Waals surface area contributed by atoms with E-state index in [0.29, 0.717) is 6.54 Å². The number of β-amino-alcohol motifs (C(OH)–C–C–N with tert-alkyl or cyclic N) is 1. The second kappa shape index (κ2) is 2.46. The van der Waals surface area contributed by atoms with Gasteiger partial charge in [0.2, 0.25) is 0 Å². The molecule has 0 bridgehead atoms. The van der Waals surface area contributed by atoms with E-state index in [2.05, 4.69) is 5.32 Å². The fourth-order valence-corrected chi connectivity index (χ4v) is 0.986. The lowest BCUT2D eigenvalue weighted by molar-refractivity contribution is 0.154. The summed E-state index contributed by atoms with van der Waals surface area (Å²) in [6, 6.07) is -0.0142. The maximum absolute atomic E-state index is 10.9. The van der Waals surface area contributed by atoms with E-state index >= 15 is 0 Å². The van der Waals surface area contributed by atoms with Crippen molar-refractivity contribution in [1.29, 1.82) is 0 Å². The summed E-state index contributed by atoms with van der Waals surface area (Å²) in [4.78, 5) is 12.5. The predicted octanol–water partition coefficient (Wildman–Crippen LogP) is -0.262. The van der Waals surface area contributed by atoms with Crippen LogP contribution in [0.2, 0.25) is 0 Å². The summed E-state index contributed by atoms with van der Waals surface area (Å²) in [5.41, 5.74) is 0. The van der Waals surface area contributed by atoms with Gasteiger partial charge in [-0.15, -0.1) is 0 Å². The van der Waals surface area contributed by atoms with E-state index in [9.17, 15) is 4.79 Å². The number of hydrogen-bond acceptors (Lipinski definition) is 2. The fraction of sp³-hybridized carbons (Fsp3) is 0.833. The third kappa shape index (κ3) is 1.21. The molecule has 1 saturated heterocycles. The van der Waals surface area contributed by atoms with Crippen molar-refractivity contribution in [2.24, 2.45) is 0 Å². The molecule has 0 spiro atoms. The molecule has 1 aliphatic rings. The molecular formula is C6H12N2O2. The number of hydrogen-bond donors (Lipinski definition) is 2. The van der Waals surface area contributed by atoms with Crippen LogP contribution in [0.15, 0.2) is 0 Å². The van der Waals surface area contributed by atoms with Crippen LogP contribution in [0.5, 0.6) is 0 Å². The zero-order valence-electron chi connectivity index (χ0n) is 6.16. The fourth-order valence-electron chi connectivity index (χ4n) is 0.986. The van der Waals surface area contributed by atoms with Crippen LogP contribution in [0.4, 0.5) is 4.79 Å². The molecule has 10 heavy (non-hydrogen) atoms. The molecule has 58 valence electrons. The van der Waals surface area contributed by atoms with Gasteiger partial charge in [-0.05, 0) is 13.8 Å². The van der Waals surface area contributed by atoms with Gasteiger partial charge in [-0.25, -0.2) is 4.79 Å². The second-order valence-corrected chi connectivity index (χ2v) is 2.71. The summed E-state index contributed by atoms with van der Waals surface area (Å²) in [6.07, 6.45) is -0.685. The smallest absolute Gasteiger partial charge is 0.319 e. The minimum atomic E-state index is -0.685. The average Bonchev–Trinajstić information content (AvgIpc) is 2.10. The molecule has 1 atom stereocenters. The van der Waals surface area contributed by atoms with Crippen LogP contribution in [0.1, 0.15) is 13.8 Å². The third-order valence-corrected chi connectivity index (χ3v) is 1.54. The summed E-state index contributed by atoms with van der Waals surface area (Å²) >= 11 is 0. The second-order valence-electron chi connectivity index (χ2n) is 2.71. The van der Waals surface area contributed by atoms with Gasteiger partial charge in [-0.1, -0.05) is 0 Å². The molecule has 2 amide bonds. The van der Waals surface area contributed by atoms with Crippen LogP contribution in [-0.2, 0) is 0 Å².